The molecule has 60 valence electrons. The molecular formula is C8H12N2O. The maximum Gasteiger partial charge on any atom is 0.152 e. The molecule has 0 aliphatic heterocycles. The van der Waals surface area contributed by atoms with Gasteiger partial charge in [0.15, 0.2) is 5.82 Å². The predicted molar refractivity (Wildman–Crippen MR) is 43.7 cm³/mol. The summed E-state index contributed by atoms with van der Waals surface area (Å²) >= 11 is 0. The second-order valence-electron chi connectivity index (χ2n) is 2.71. The fourth-order valence-electron chi connectivity index (χ4n) is 0.977. The molecule has 0 atom stereocenters. The predicted octanol–water partition coefficient (Wildman–Crippen LogP) is 2.01. The second-order valence-corrected chi connectivity index (χ2v) is 2.71. The third-order valence-corrected chi connectivity index (χ3v) is 1.57. The Balaban J connectivity index is 3.02. The molecular weight excluding hydrogens is 140 g/mol. The van der Waals surface area contributed by atoms with Crippen LogP contribution in [0, 0.1) is 0 Å². The van der Waals surface area contributed by atoms with E-state index in [1.165, 1.54) is 0 Å². The third-order valence-electron chi connectivity index (χ3n) is 1.57. The minimum absolute atomic E-state index is 0.373. The minimum atomic E-state index is 0.373. The van der Waals surface area contributed by atoms with E-state index in [2.05, 4.69) is 24.3 Å². The molecule has 1 heterocycles. The summed E-state index contributed by atoms with van der Waals surface area (Å²) in [6.07, 6.45) is 1.64. The van der Waals surface area contributed by atoms with Gasteiger partial charge in [-0.1, -0.05) is 19.9 Å². The van der Waals surface area contributed by atoms with Gasteiger partial charge in [-0.05, 0) is 17.5 Å². The van der Waals surface area contributed by atoms with Gasteiger partial charge >= 0.3 is 0 Å². The highest BCUT2D eigenvalue weighted by atomic mass is 16.5. The number of nitrogens with one attached hydrogen (secondary N) is 1. The van der Waals surface area contributed by atoms with E-state index < -0.39 is 0 Å². The summed E-state index contributed by atoms with van der Waals surface area (Å²) in [6, 6.07) is 3.80. The smallest absolute Gasteiger partial charge is 0.152 e. The molecule has 1 rings (SSSR count). The molecule has 0 saturated carbocycles. The van der Waals surface area contributed by atoms with Gasteiger partial charge in [0, 0.05) is 6.20 Å². The maximum absolute atomic E-state index is 8.65. The van der Waals surface area contributed by atoms with Crippen LogP contribution in [0.5, 0.6) is 0 Å². The van der Waals surface area contributed by atoms with E-state index in [9.17, 15) is 0 Å². The number of rotatable bonds is 2. The van der Waals surface area contributed by atoms with Crippen LogP contribution in [-0.2, 0) is 0 Å². The number of nitrogens with zero attached hydrogens (tertiary/aromatic N) is 1. The first-order valence-corrected chi connectivity index (χ1v) is 3.60. The summed E-state index contributed by atoms with van der Waals surface area (Å²) in [4.78, 5) is 3.96. The Hall–Kier alpha value is -1.09. The molecule has 0 saturated heterocycles. The molecule has 0 radical (unpaired) electrons. The number of hydrogen-bond acceptors (Lipinski definition) is 3. The molecule has 0 bridgehead atoms. The molecule has 11 heavy (non-hydrogen) atoms. The van der Waals surface area contributed by atoms with Crippen LogP contribution in [0.4, 0.5) is 5.82 Å². The molecule has 0 spiro atoms. The van der Waals surface area contributed by atoms with Gasteiger partial charge in [-0.25, -0.2) is 4.98 Å². The number of anilines is 1. The van der Waals surface area contributed by atoms with Crippen molar-refractivity contribution in [3.63, 3.8) is 0 Å². The van der Waals surface area contributed by atoms with Crippen LogP contribution in [0.25, 0.3) is 0 Å². The normalized spacial score (nSPS) is 10.2. The van der Waals surface area contributed by atoms with Gasteiger partial charge in [-0.2, -0.15) is 0 Å². The fraction of sp³-hybridized carbons (Fsp3) is 0.375. The summed E-state index contributed by atoms with van der Waals surface area (Å²) in [5.41, 5.74) is 3.09. The molecule has 0 amide bonds. The molecule has 1 aromatic rings. The molecule has 0 aromatic carbocycles. The topological polar surface area (TPSA) is 45.2 Å². The zero-order chi connectivity index (χ0) is 8.27. The number of pyridine rings is 1. The minimum Gasteiger partial charge on any atom is -0.290 e. The van der Waals surface area contributed by atoms with Gasteiger partial charge in [-0.15, -0.1) is 0 Å². The Labute approximate surface area is 66.0 Å². The average molecular weight is 152 g/mol. The van der Waals surface area contributed by atoms with Crippen LogP contribution in [0.1, 0.15) is 25.3 Å². The molecule has 1 aromatic heterocycles. The Bertz CT molecular complexity index is 235. The largest absolute Gasteiger partial charge is 0.290 e. The van der Waals surface area contributed by atoms with Gasteiger partial charge in [0.2, 0.25) is 0 Å². The van der Waals surface area contributed by atoms with E-state index in [4.69, 9.17) is 5.21 Å². The van der Waals surface area contributed by atoms with E-state index >= 15 is 0 Å². The molecule has 0 aliphatic carbocycles. The Morgan fingerprint density at radius 2 is 2.27 bits per heavy atom. The van der Waals surface area contributed by atoms with Gasteiger partial charge in [0.1, 0.15) is 0 Å². The monoisotopic (exact) mass is 152 g/mol. The van der Waals surface area contributed by atoms with E-state index in [0.29, 0.717) is 11.7 Å². The lowest BCUT2D eigenvalue weighted by molar-refractivity contribution is 0.384. The average Bonchev–Trinajstić information content (AvgIpc) is 2.04. The highest BCUT2D eigenvalue weighted by Gasteiger charge is 2.04. The van der Waals surface area contributed by atoms with E-state index in [0.717, 1.165) is 5.56 Å². The Kier molecular flexibility index (Phi) is 2.44. The first kappa shape index (κ1) is 8.01. The molecule has 0 unspecified atom stereocenters. The van der Waals surface area contributed by atoms with Crippen molar-refractivity contribution < 1.29 is 5.21 Å². The molecule has 2 N–H and O–H groups in total. The summed E-state index contributed by atoms with van der Waals surface area (Å²) in [6.45, 7) is 4.11. The molecule has 0 aliphatic rings. The van der Waals surface area contributed by atoms with Crippen molar-refractivity contribution in [3.05, 3.63) is 23.9 Å². The SMILES string of the molecule is CC(C)c1cccnc1NO. The van der Waals surface area contributed by atoms with Crippen molar-refractivity contribution >= 4 is 5.82 Å². The Morgan fingerprint density at radius 3 is 2.73 bits per heavy atom. The zero-order valence-corrected chi connectivity index (χ0v) is 6.70. The van der Waals surface area contributed by atoms with Crippen LogP contribution in [0.15, 0.2) is 18.3 Å². The Morgan fingerprint density at radius 1 is 1.55 bits per heavy atom. The van der Waals surface area contributed by atoms with Crippen LogP contribution in [-0.4, -0.2) is 10.2 Å². The third kappa shape index (κ3) is 1.68. The van der Waals surface area contributed by atoms with Crippen LogP contribution >= 0.6 is 0 Å². The quantitative estimate of drug-likeness (QED) is 0.637. The number of hydrogen-bond donors (Lipinski definition) is 2. The van der Waals surface area contributed by atoms with Gasteiger partial charge in [0.25, 0.3) is 0 Å². The van der Waals surface area contributed by atoms with Crippen molar-refractivity contribution in [1.29, 1.82) is 0 Å². The number of aromatic nitrogens is 1. The standard InChI is InChI=1S/C8H12N2O/c1-6(2)7-4-3-5-9-8(7)10-11/h3-6,11H,1-2H3,(H,9,10). The lowest BCUT2D eigenvalue weighted by Gasteiger charge is -2.08. The van der Waals surface area contributed by atoms with Crippen LogP contribution < -0.4 is 5.48 Å². The van der Waals surface area contributed by atoms with Crippen LogP contribution in [0.2, 0.25) is 0 Å². The zero-order valence-electron chi connectivity index (χ0n) is 6.70. The lowest BCUT2D eigenvalue weighted by Crippen LogP contribution is -1.99. The molecule has 0 fully saturated rings. The van der Waals surface area contributed by atoms with Gasteiger partial charge in [0.05, 0.1) is 0 Å². The van der Waals surface area contributed by atoms with E-state index in [1.807, 2.05) is 12.1 Å². The fourth-order valence-corrected chi connectivity index (χ4v) is 0.977. The first-order valence-electron chi connectivity index (χ1n) is 3.60. The van der Waals surface area contributed by atoms with Crippen molar-refractivity contribution in [2.24, 2.45) is 0 Å². The highest BCUT2D eigenvalue weighted by Crippen LogP contribution is 2.20. The summed E-state index contributed by atoms with van der Waals surface area (Å²) in [5.74, 6) is 0.917. The first-order chi connectivity index (χ1) is 5.25. The van der Waals surface area contributed by atoms with Crippen molar-refractivity contribution in [3.8, 4) is 0 Å². The second kappa shape index (κ2) is 3.34. The lowest BCUT2D eigenvalue weighted by atomic mass is 10.1. The molecule has 3 nitrogen and oxygen atoms in total. The summed E-state index contributed by atoms with van der Waals surface area (Å²) in [5, 5.41) is 8.65. The highest BCUT2D eigenvalue weighted by molar-refractivity contribution is 5.43. The van der Waals surface area contributed by atoms with Gasteiger partial charge < -0.3 is 0 Å². The van der Waals surface area contributed by atoms with Crippen molar-refractivity contribution in [1.82, 2.24) is 4.98 Å². The van der Waals surface area contributed by atoms with Crippen molar-refractivity contribution in [2.75, 3.05) is 5.48 Å². The summed E-state index contributed by atoms with van der Waals surface area (Å²) in [7, 11) is 0. The van der Waals surface area contributed by atoms with Gasteiger partial charge in [-0.3, -0.25) is 10.7 Å². The van der Waals surface area contributed by atoms with E-state index in [-0.39, 0.29) is 0 Å². The summed E-state index contributed by atoms with van der Waals surface area (Å²) < 4.78 is 0. The van der Waals surface area contributed by atoms with Crippen LogP contribution in [0.3, 0.4) is 0 Å². The van der Waals surface area contributed by atoms with E-state index in [1.54, 1.807) is 6.20 Å². The molecule has 3 heteroatoms. The maximum atomic E-state index is 8.65. The van der Waals surface area contributed by atoms with Crippen molar-refractivity contribution in [2.45, 2.75) is 19.8 Å².